The second-order valence-electron chi connectivity index (χ2n) is 3.76. The Balaban J connectivity index is 2.15. The summed E-state index contributed by atoms with van der Waals surface area (Å²) in [7, 11) is 2.18. The molecule has 0 aromatic carbocycles. The molecule has 3 heteroatoms. The molecule has 0 aliphatic carbocycles. The summed E-state index contributed by atoms with van der Waals surface area (Å²) in [5.41, 5.74) is 0. The van der Waals surface area contributed by atoms with Crippen LogP contribution >= 0.6 is 0 Å². The molecule has 1 fully saturated rings. The average molecular weight is 181 g/mol. The van der Waals surface area contributed by atoms with Crippen molar-refractivity contribution in [2.24, 2.45) is 0 Å². The fraction of sp³-hybridized carbons (Fsp3) is 0.900. The van der Waals surface area contributed by atoms with Crippen LogP contribution in [0.1, 0.15) is 19.3 Å². The van der Waals surface area contributed by atoms with Gasteiger partial charge in [0.25, 0.3) is 0 Å². The molecule has 0 amide bonds. The zero-order valence-electron chi connectivity index (χ0n) is 8.50. The van der Waals surface area contributed by atoms with E-state index in [0.29, 0.717) is 6.42 Å². The van der Waals surface area contributed by atoms with Gasteiger partial charge < -0.3 is 9.80 Å². The van der Waals surface area contributed by atoms with E-state index in [4.69, 9.17) is 5.26 Å². The molecule has 1 heterocycles. The van der Waals surface area contributed by atoms with Gasteiger partial charge in [-0.05, 0) is 39.5 Å². The Morgan fingerprint density at radius 3 is 2.85 bits per heavy atom. The molecule has 0 N–H and O–H groups in total. The molecule has 0 unspecified atom stereocenters. The normalized spacial score (nSPS) is 20.9. The minimum absolute atomic E-state index is 0.701. The first kappa shape index (κ1) is 10.5. The third-order valence-corrected chi connectivity index (χ3v) is 2.58. The van der Waals surface area contributed by atoms with E-state index in [9.17, 15) is 0 Å². The summed E-state index contributed by atoms with van der Waals surface area (Å²) in [5.74, 6) is 0. The highest BCUT2D eigenvalue weighted by molar-refractivity contribution is 4.72. The minimum atomic E-state index is 0.701. The van der Waals surface area contributed by atoms with E-state index in [1.165, 1.54) is 32.6 Å². The van der Waals surface area contributed by atoms with E-state index in [-0.39, 0.29) is 0 Å². The van der Waals surface area contributed by atoms with E-state index in [1.807, 2.05) is 0 Å². The van der Waals surface area contributed by atoms with Crippen molar-refractivity contribution in [2.75, 3.05) is 39.8 Å². The Kier molecular flexibility index (Phi) is 4.81. The summed E-state index contributed by atoms with van der Waals surface area (Å²) < 4.78 is 0. The monoisotopic (exact) mass is 181 g/mol. The van der Waals surface area contributed by atoms with Crippen molar-refractivity contribution >= 4 is 0 Å². The van der Waals surface area contributed by atoms with Crippen molar-refractivity contribution in [1.29, 1.82) is 5.26 Å². The maximum atomic E-state index is 8.42. The van der Waals surface area contributed by atoms with Crippen LogP contribution in [0.25, 0.3) is 0 Å². The fourth-order valence-electron chi connectivity index (χ4n) is 1.71. The van der Waals surface area contributed by atoms with Crippen molar-refractivity contribution in [3.63, 3.8) is 0 Å². The molecule has 0 bridgehead atoms. The lowest BCUT2D eigenvalue weighted by Crippen LogP contribution is -2.29. The second-order valence-corrected chi connectivity index (χ2v) is 3.76. The standard InChI is InChI=1S/C10H19N3/c1-12-6-4-8-13(10-9-12)7-3-2-5-11/h2-4,6-10H2,1H3. The van der Waals surface area contributed by atoms with Crippen LogP contribution in [0, 0.1) is 11.3 Å². The number of unbranched alkanes of at least 4 members (excludes halogenated alkanes) is 1. The molecule has 0 spiro atoms. The predicted molar refractivity (Wildman–Crippen MR) is 53.4 cm³/mol. The van der Waals surface area contributed by atoms with Crippen LogP contribution in [0.2, 0.25) is 0 Å². The van der Waals surface area contributed by atoms with Crippen molar-refractivity contribution in [3.8, 4) is 6.07 Å². The predicted octanol–water partition coefficient (Wildman–Crippen LogP) is 0.928. The third-order valence-electron chi connectivity index (χ3n) is 2.58. The quantitative estimate of drug-likeness (QED) is 0.607. The highest BCUT2D eigenvalue weighted by atomic mass is 15.2. The molecule has 0 saturated carbocycles. The first-order chi connectivity index (χ1) is 6.33. The van der Waals surface area contributed by atoms with Gasteiger partial charge in [0, 0.05) is 19.5 Å². The lowest BCUT2D eigenvalue weighted by atomic mass is 10.3. The molecule has 1 rings (SSSR count). The molecule has 0 aromatic rings. The van der Waals surface area contributed by atoms with E-state index in [0.717, 1.165) is 13.0 Å². The molecule has 1 aliphatic heterocycles. The lowest BCUT2D eigenvalue weighted by Gasteiger charge is -2.18. The Labute approximate surface area is 80.9 Å². The molecule has 1 saturated heterocycles. The molecule has 3 nitrogen and oxygen atoms in total. The van der Waals surface area contributed by atoms with Gasteiger partial charge in [0.1, 0.15) is 0 Å². The highest BCUT2D eigenvalue weighted by Gasteiger charge is 2.10. The van der Waals surface area contributed by atoms with Crippen LogP contribution in [-0.2, 0) is 0 Å². The van der Waals surface area contributed by atoms with E-state index < -0.39 is 0 Å². The summed E-state index contributed by atoms with van der Waals surface area (Å²) >= 11 is 0. The number of likely N-dealkylation sites (N-methyl/N-ethyl adjacent to an activating group) is 1. The van der Waals surface area contributed by atoms with Gasteiger partial charge in [-0.25, -0.2) is 0 Å². The van der Waals surface area contributed by atoms with Gasteiger partial charge in [-0.15, -0.1) is 0 Å². The summed E-state index contributed by atoms with van der Waals surface area (Å²) in [5, 5.41) is 8.42. The zero-order valence-corrected chi connectivity index (χ0v) is 8.50. The summed E-state index contributed by atoms with van der Waals surface area (Å²) in [4.78, 5) is 4.85. The minimum Gasteiger partial charge on any atom is -0.305 e. The van der Waals surface area contributed by atoms with Crippen LogP contribution in [0.3, 0.4) is 0 Å². The molecular weight excluding hydrogens is 162 g/mol. The summed E-state index contributed by atoms with van der Waals surface area (Å²) in [6.07, 6.45) is 3.00. The van der Waals surface area contributed by atoms with E-state index >= 15 is 0 Å². The maximum Gasteiger partial charge on any atom is 0.0622 e. The van der Waals surface area contributed by atoms with Gasteiger partial charge in [-0.1, -0.05) is 0 Å². The third kappa shape index (κ3) is 4.25. The van der Waals surface area contributed by atoms with Crippen molar-refractivity contribution in [1.82, 2.24) is 9.80 Å². The lowest BCUT2D eigenvalue weighted by molar-refractivity contribution is 0.274. The number of nitrogens with zero attached hydrogens (tertiary/aromatic N) is 3. The summed E-state index contributed by atoms with van der Waals surface area (Å²) in [6, 6.07) is 2.19. The maximum absolute atomic E-state index is 8.42. The number of rotatable bonds is 3. The number of nitriles is 1. The second kappa shape index (κ2) is 5.95. The molecule has 13 heavy (non-hydrogen) atoms. The van der Waals surface area contributed by atoms with Gasteiger partial charge in [0.2, 0.25) is 0 Å². The number of hydrogen-bond acceptors (Lipinski definition) is 3. The average Bonchev–Trinajstić information content (AvgIpc) is 2.32. The molecule has 1 aliphatic rings. The van der Waals surface area contributed by atoms with Gasteiger partial charge in [-0.3, -0.25) is 0 Å². The smallest absolute Gasteiger partial charge is 0.0622 e. The van der Waals surface area contributed by atoms with E-state index in [2.05, 4.69) is 22.9 Å². The molecule has 0 aromatic heterocycles. The van der Waals surface area contributed by atoms with Crippen molar-refractivity contribution in [3.05, 3.63) is 0 Å². The van der Waals surface area contributed by atoms with Gasteiger partial charge in [0.05, 0.1) is 6.07 Å². The molecule has 0 atom stereocenters. The van der Waals surface area contributed by atoms with Crippen LogP contribution in [-0.4, -0.2) is 49.6 Å². The SMILES string of the molecule is CN1CCCN(CCCC#N)CC1. The topological polar surface area (TPSA) is 30.3 Å². The Hall–Kier alpha value is -0.590. The van der Waals surface area contributed by atoms with Crippen LogP contribution < -0.4 is 0 Å². The molecule has 74 valence electrons. The fourth-order valence-corrected chi connectivity index (χ4v) is 1.71. The van der Waals surface area contributed by atoms with E-state index in [1.54, 1.807) is 0 Å². The highest BCUT2D eigenvalue weighted by Crippen LogP contribution is 2.02. The van der Waals surface area contributed by atoms with Gasteiger partial charge in [0.15, 0.2) is 0 Å². The largest absolute Gasteiger partial charge is 0.305 e. The van der Waals surface area contributed by atoms with Gasteiger partial charge in [-0.2, -0.15) is 5.26 Å². The Bertz CT molecular complexity index is 173. The van der Waals surface area contributed by atoms with Crippen LogP contribution in [0.5, 0.6) is 0 Å². The van der Waals surface area contributed by atoms with Crippen LogP contribution in [0.4, 0.5) is 0 Å². The Morgan fingerprint density at radius 2 is 2.08 bits per heavy atom. The Morgan fingerprint density at radius 1 is 1.23 bits per heavy atom. The number of hydrogen-bond donors (Lipinski definition) is 0. The van der Waals surface area contributed by atoms with Crippen molar-refractivity contribution < 1.29 is 0 Å². The molecule has 0 radical (unpaired) electrons. The zero-order chi connectivity index (χ0) is 9.52. The first-order valence-electron chi connectivity index (χ1n) is 5.11. The van der Waals surface area contributed by atoms with Gasteiger partial charge >= 0.3 is 0 Å². The van der Waals surface area contributed by atoms with Crippen molar-refractivity contribution in [2.45, 2.75) is 19.3 Å². The molecular formula is C10H19N3. The first-order valence-corrected chi connectivity index (χ1v) is 5.11. The van der Waals surface area contributed by atoms with Crippen LogP contribution in [0.15, 0.2) is 0 Å². The summed E-state index contributed by atoms with van der Waals surface area (Å²) in [6.45, 7) is 5.86.